The molecule has 2 amide bonds. The minimum Gasteiger partial charge on any atom is -0.336 e. The molecule has 156 valence electrons. The Bertz CT molecular complexity index is 881. The van der Waals surface area contributed by atoms with Crippen LogP contribution in [-0.4, -0.2) is 43.1 Å². The molecule has 0 fully saturated rings. The largest absolute Gasteiger partial charge is 0.433 e. The maximum atomic E-state index is 13.1. The van der Waals surface area contributed by atoms with E-state index in [1.165, 1.54) is 11.0 Å². The van der Waals surface area contributed by atoms with Gasteiger partial charge in [-0.2, -0.15) is 13.2 Å². The molecular weight excluding hydrogens is 381 g/mol. The summed E-state index contributed by atoms with van der Waals surface area (Å²) in [7, 11) is 3.86. The van der Waals surface area contributed by atoms with Crippen molar-refractivity contribution in [2.45, 2.75) is 31.5 Å². The topological polar surface area (TPSA) is 48.5 Å². The number of benzene rings is 1. The van der Waals surface area contributed by atoms with Crippen molar-refractivity contribution in [3.05, 3.63) is 59.4 Å². The predicted molar refractivity (Wildman–Crippen MR) is 106 cm³/mol. The number of likely N-dealkylation sites (N-methyl/N-ethyl adjacent to an activating group) is 1. The summed E-state index contributed by atoms with van der Waals surface area (Å²) in [6, 6.07) is 11.7. The molecule has 0 saturated heterocycles. The van der Waals surface area contributed by atoms with Gasteiger partial charge < -0.3 is 10.2 Å². The van der Waals surface area contributed by atoms with Gasteiger partial charge in [-0.1, -0.05) is 44.2 Å². The van der Waals surface area contributed by atoms with E-state index in [9.17, 15) is 18.0 Å². The summed E-state index contributed by atoms with van der Waals surface area (Å²) in [4.78, 5) is 20.2. The average molecular weight is 406 g/mol. The zero-order valence-corrected chi connectivity index (χ0v) is 16.9. The SMILES string of the molecule is CN(C)C(CNC(=O)N1CC(C)(C)c2nc(C(F)(F)F)ccc21)c1ccccc1. The quantitative estimate of drug-likeness (QED) is 0.828. The van der Waals surface area contributed by atoms with Crippen LogP contribution in [0.5, 0.6) is 0 Å². The number of urea groups is 1. The molecule has 0 radical (unpaired) electrons. The lowest BCUT2D eigenvalue weighted by Crippen LogP contribution is -2.44. The molecule has 1 N–H and O–H groups in total. The Morgan fingerprint density at radius 2 is 1.86 bits per heavy atom. The van der Waals surface area contributed by atoms with E-state index < -0.39 is 17.3 Å². The van der Waals surface area contributed by atoms with Crippen LogP contribution < -0.4 is 10.2 Å². The van der Waals surface area contributed by atoms with Crippen molar-refractivity contribution in [1.29, 1.82) is 0 Å². The normalized spacial score (nSPS) is 16.6. The Labute approximate surface area is 168 Å². The van der Waals surface area contributed by atoms with Gasteiger partial charge in [0.1, 0.15) is 5.69 Å². The fourth-order valence-corrected chi connectivity index (χ4v) is 3.62. The van der Waals surface area contributed by atoms with Crippen molar-refractivity contribution in [2.75, 3.05) is 32.1 Å². The van der Waals surface area contributed by atoms with Crippen molar-refractivity contribution in [3.8, 4) is 0 Å². The molecule has 2 heterocycles. The van der Waals surface area contributed by atoms with Gasteiger partial charge in [-0.05, 0) is 31.8 Å². The molecule has 0 bridgehead atoms. The van der Waals surface area contributed by atoms with Gasteiger partial charge in [0.2, 0.25) is 0 Å². The average Bonchev–Trinajstić information content (AvgIpc) is 2.92. The summed E-state index contributed by atoms with van der Waals surface area (Å²) in [5.41, 5.74) is 0.157. The first-order valence-corrected chi connectivity index (χ1v) is 9.36. The second kappa shape index (κ2) is 7.67. The molecule has 1 aromatic carbocycles. The van der Waals surface area contributed by atoms with Crippen LogP contribution in [0.2, 0.25) is 0 Å². The van der Waals surface area contributed by atoms with E-state index in [0.717, 1.165) is 11.6 Å². The van der Waals surface area contributed by atoms with Crippen molar-refractivity contribution in [1.82, 2.24) is 15.2 Å². The zero-order chi connectivity index (χ0) is 21.4. The number of carbonyl (C=O) groups is 1. The third-order valence-corrected chi connectivity index (χ3v) is 5.15. The molecule has 2 aromatic rings. The van der Waals surface area contributed by atoms with Gasteiger partial charge >= 0.3 is 12.2 Å². The Morgan fingerprint density at radius 3 is 2.45 bits per heavy atom. The number of nitrogens with zero attached hydrogens (tertiary/aromatic N) is 3. The van der Waals surface area contributed by atoms with Gasteiger partial charge in [0.25, 0.3) is 0 Å². The highest BCUT2D eigenvalue weighted by Gasteiger charge is 2.42. The number of carbonyl (C=O) groups excluding carboxylic acids is 1. The predicted octanol–water partition coefficient (Wildman–Crippen LogP) is 4.21. The molecule has 5 nitrogen and oxygen atoms in total. The van der Waals surface area contributed by atoms with Crippen LogP contribution in [0.15, 0.2) is 42.5 Å². The minimum atomic E-state index is -4.52. The van der Waals surface area contributed by atoms with Crippen LogP contribution in [0.3, 0.4) is 0 Å². The van der Waals surface area contributed by atoms with Crippen LogP contribution in [0.25, 0.3) is 0 Å². The Hall–Kier alpha value is -2.61. The number of amides is 2. The Kier molecular flexibility index (Phi) is 5.58. The first kappa shape index (κ1) is 21.1. The van der Waals surface area contributed by atoms with E-state index in [2.05, 4.69) is 10.3 Å². The van der Waals surface area contributed by atoms with Crippen molar-refractivity contribution >= 4 is 11.7 Å². The standard InChI is InChI=1S/C21H25F3N4O/c1-20(2)13-28(15-10-11-17(21(22,23)24)26-18(15)20)19(29)25-12-16(27(3)4)14-8-6-5-7-9-14/h5-11,16H,12-13H2,1-4H3,(H,25,29). The van der Waals surface area contributed by atoms with Gasteiger partial charge in [-0.15, -0.1) is 0 Å². The smallest absolute Gasteiger partial charge is 0.336 e. The lowest BCUT2D eigenvalue weighted by Gasteiger charge is -2.27. The molecule has 0 aliphatic carbocycles. The number of halogens is 3. The highest BCUT2D eigenvalue weighted by Crippen LogP contribution is 2.41. The molecule has 1 unspecified atom stereocenters. The lowest BCUT2D eigenvalue weighted by atomic mass is 9.91. The first-order chi connectivity index (χ1) is 13.5. The maximum absolute atomic E-state index is 13.1. The summed E-state index contributed by atoms with van der Waals surface area (Å²) in [5.74, 6) is 0. The number of hydrogen-bond acceptors (Lipinski definition) is 3. The zero-order valence-electron chi connectivity index (χ0n) is 16.9. The first-order valence-electron chi connectivity index (χ1n) is 9.36. The monoisotopic (exact) mass is 406 g/mol. The van der Waals surface area contributed by atoms with Crippen LogP contribution in [0.1, 0.15) is 36.8 Å². The molecule has 0 spiro atoms. The molecule has 3 rings (SSSR count). The second-order valence-corrected chi connectivity index (χ2v) is 8.11. The minimum absolute atomic E-state index is 0.0269. The van der Waals surface area contributed by atoms with Gasteiger partial charge in [-0.25, -0.2) is 9.78 Å². The van der Waals surface area contributed by atoms with Gasteiger partial charge in [0, 0.05) is 18.5 Å². The van der Waals surface area contributed by atoms with Crippen LogP contribution in [0, 0.1) is 0 Å². The fourth-order valence-electron chi connectivity index (χ4n) is 3.62. The van der Waals surface area contributed by atoms with E-state index in [1.807, 2.05) is 49.3 Å². The number of hydrogen-bond donors (Lipinski definition) is 1. The molecule has 1 aromatic heterocycles. The summed E-state index contributed by atoms with van der Waals surface area (Å²) in [6.45, 7) is 4.22. The van der Waals surface area contributed by atoms with E-state index in [0.29, 0.717) is 12.2 Å². The summed E-state index contributed by atoms with van der Waals surface area (Å²) in [5, 5.41) is 2.92. The molecule has 8 heteroatoms. The van der Waals surface area contributed by atoms with Gasteiger partial charge in [0.05, 0.1) is 17.4 Å². The maximum Gasteiger partial charge on any atom is 0.433 e. The van der Waals surface area contributed by atoms with Gasteiger partial charge in [0.15, 0.2) is 0 Å². The van der Waals surface area contributed by atoms with Crippen LogP contribution >= 0.6 is 0 Å². The Balaban J connectivity index is 1.79. The fraction of sp³-hybridized carbons (Fsp3) is 0.429. The summed E-state index contributed by atoms with van der Waals surface area (Å²) >= 11 is 0. The summed E-state index contributed by atoms with van der Waals surface area (Å²) < 4.78 is 39.2. The number of anilines is 1. The highest BCUT2D eigenvalue weighted by atomic mass is 19.4. The molecule has 1 aliphatic heterocycles. The number of nitrogens with one attached hydrogen (secondary N) is 1. The van der Waals surface area contributed by atoms with E-state index in [4.69, 9.17) is 0 Å². The molecule has 1 atom stereocenters. The number of fused-ring (bicyclic) bond motifs is 1. The van der Waals surface area contributed by atoms with Crippen molar-refractivity contribution < 1.29 is 18.0 Å². The highest BCUT2D eigenvalue weighted by molar-refractivity contribution is 5.94. The van der Waals surface area contributed by atoms with Crippen LogP contribution in [-0.2, 0) is 11.6 Å². The van der Waals surface area contributed by atoms with Gasteiger partial charge in [-0.3, -0.25) is 4.90 Å². The number of aromatic nitrogens is 1. The van der Waals surface area contributed by atoms with Crippen molar-refractivity contribution in [2.24, 2.45) is 0 Å². The molecule has 29 heavy (non-hydrogen) atoms. The van der Waals surface area contributed by atoms with Crippen LogP contribution in [0.4, 0.5) is 23.7 Å². The summed E-state index contributed by atoms with van der Waals surface area (Å²) in [6.07, 6.45) is -4.52. The Morgan fingerprint density at radius 1 is 1.21 bits per heavy atom. The van der Waals surface area contributed by atoms with Crippen molar-refractivity contribution in [3.63, 3.8) is 0 Å². The number of rotatable bonds is 4. The third kappa shape index (κ3) is 4.37. The molecular formula is C21H25F3N4O. The van der Waals surface area contributed by atoms with E-state index >= 15 is 0 Å². The second-order valence-electron chi connectivity index (χ2n) is 8.11. The number of pyridine rings is 1. The van der Waals surface area contributed by atoms with E-state index in [1.54, 1.807) is 13.8 Å². The molecule has 0 saturated carbocycles. The molecule has 1 aliphatic rings. The number of alkyl halides is 3. The lowest BCUT2D eigenvalue weighted by molar-refractivity contribution is -0.141. The third-order valence-electron chi connectivity index (χ3n) is 5.15. The van der Waals surface area contributed by atoms with E-state index in [-0.39, 0.29) is 24.3 Å².